The van der Waals surface area contributed by atoms with Gasteiger partial charge in [-0.05, 0) is 61.4 Å². The Balaban J connectivity index is 2.48. The van der Waals surface area contributed by atoms with Crippen molar-refractivity contribution in [2.45, 2.75) is 23.6 Å². The van der Waals surface area contributed by atoms with Crippen LogP contribution in [0.4, 0.5) is 5.69 Å². The van der Waals surface area contributed by atoms with Gasteiger partial charge in [-0.25, -0.2) is 21.1 Å². The summed E-state index contributed by atoms with van der Waals surface area (Å²) in [4.78, 5) is 14.5. The number of amides is 1. The Labute approximate surface area is 166 Å². The zero-order chi connectivity index (χ0) is 21.4. The van der Waals surface area contributed by atoms with E-state index in [9.17, 15) is 21.6 Å². The first-order valence-electron chi connectivity index (χ1n) is 8.38. The van der Waals surface area contributed by atoms with Crippen LogP contribution in [0.25, 0.3) is 0 Å². The number of hydrogen-bond donors (Lipinski definition) is 0. The highest BCUT2D eigenvalue weighted by Crippen LogP contribution is 2.25. The molecule has 0 spiro atoms. The molecule has 0 fully saturated rings. The van der Waals surface area contributed by atoms with Gasteiger partial charge in [-0.1, -0.05) is 0 Å². The van der Waals surface area contributed by atoms with Gasteiger partial charge < -0.3 is 4.90 Å². The van der Waals surface area contributed by atoms with Gasteiger partial charge in [-0.2, -0.15) is 0 Å². The number of nitrogens with zero attached hydrogens (tertiary/aromatic N) is 2. The molecule has 0 aliphatic carbocycles. The summed E-state index contributed by atoms with van der Waals surface area (Å²) in [7, 11) is -2.61. The molecule has 0 aliphatic heterocycles. The highest BCUT2D eigenvalue weighted by Gasteiger charge is 2.24. The molecule has 0 heterocycles. The van der Waals surface area contributed by atoms with E-state index in [2.05, 4.69) is 0 Å². The molecular weight excluding hydrogens is 400 g/mol. The molecule has 7 nitrogen and oxygen atoms in total. The molecule has 2 rings (SSSR count). The smallest absolute Gasteiger partial charge is 0.258 e. The molecule has 0 radical (unpaired) electrons. The summed E-state index contributed by atoms with van der Waals surface area (Å²) >= 11 is 0. The zero-order valence-corrected chi connectivity index (χ0v) is 18.3. The van der Waals surface area contributed by atoms with Crippen LogP contribution in [0.15, 0.2) is 46.2 Å². The minimum absolute atomic E-state index is 0.0849. The lowest BCUT2D eigenvalue weighted by Gasteiger charge is -2.20. The number of anilines is 1. The normalized spacial score (nSPS) is 12.2. The summed E-state index contributed by atoms with van der Waals surface area (Å²) < 4.78 is 49.5. The Morgan fingerprint density at radius 3 is 1.89 bits per heavy atom. The second-order valence-corrected chi connectivity index (χ2v) is 11.0. The fourth-order valence-corrected chi connectivity index (χ4v) is 4.49. The van der Waals surface area contributed by atoms with Crippen molar-refractivity contribution in [3.8, 4) is 0 Å². The van der Waals surface area contributed by atoms with Crippen LogP contribution in [0.2, 0.25) is 0 Å². The molecule has 0 saturated carbocycles. The van der Waals surface area contributed by atoms with Gasteiger partial charge in [0.05, 0.1) is 9.79 Å². The van der Waals surface area contributed by atoms with Gasteiger partial charge in [0.1, 0.15) is 0 Å². The lowest BCUT2D eigenvalue weighted by molar-refractivity contribution is 0.0992. The molecule has 0 atom stereocenters. The fraction of sp³-hybridized carbons (Fsp3) is 0.316. The summed E-state index contributed by atoms with van der Waals surface area (Å²) in [5.74, 6) is -0.398. The number of rotatable bonds is 5. The van der Waals surface area contributed by atoms with Crippen LogP contribution in [0.1, 0.15) is 21.5 Å². The number of hydrogen-bond acceptors (Lipinski definition) is 5. The van der Waals surface area contributed by atoms with Crippen molar-refractivity contribution in [3.05, 3.63) is 53.1 Å². The van der Waals surface area contributed by atoms with Crippen molar-refractivity contribution in [2.75, 3.05) is 32.3 Å². The van der Waals surface area contributed by atoms with Crippen LogP contribution in [0.5, 0.6) is 0 Å². The standard InChI is InChI=1S/C19H24N2O5S2/c1-13-11-15(12-18(14(13)2)28(25,26)20(3)4)19(22)21(5)16-7-9-17(10-8-16)27(6,23)24/h7-12H,1-6H3. The summed E-state index contributed by atoms with van der Waals surface area (Å²) in [6, 6.07) is 8.95. The number of benzene rings is 2. The lowest BCUT2D eigenvalue weighted by Crippen LogP contribution is -2.28. The van der Waals surface area contributed by atoms with E-state index in [0.717, 1.165) is 10.6 Å². The molecule has 152 valence electrons. The van der Waals surface area contributed by atoms with Crippen LogP contribution >= 0.6 is 0 Å². The first-order valence-corrected chi connectivity index (χ1v) is 11.7. The Morgan fingerprint density at radius 1 is 0.893 bits per heavy atom. The minimum Gasteiger partial charge on any atom is -0.311 e. The monoisotopic (exact) mass is 424 g/mol. The average molecular weight is 425 g/mol. The summed E-state index contributed by atoms with van der Waals surface area (Å²) in [5, 5.41) is 0. The number of aryl methyl sites for hydroxylation is 1. The largest absolute Gasteiger partial charge is 0.311 e. The predicted octanol–water partition coefficient (Wildman–Crippen LogP) is 2.23. The van der Waals surface area contributed by atoms with Crippen molar-refractivity contribution in [2.24, 2.45) is 0 Å². The molecule has 9 heteroatoms. The van der Waals surface area contributed by atoms with Crippen LogP contribution < -0.4 is 4.90 Å². The van der Waals surface area contributed by atoms with E-state index in [1.807, 2.05) is 0 Å². The fourth-order valence-electron chi connectivity index (χ4n) is 2.64. The van der Waals surface area contributed by atoms with Crippen LogP contribution in [-0.4, -0.2) is 54.4 Å². The summed E-state index contributed by atoms with van der Waals surface area (Å²) in [6.07, 6.45) is 1.11. The number of carbonyl (C=O) groups is 1. The molecule has 0 saturated heterocycles. The van der Waals surface area contributed by atoms with Crippen LogP contribution in [-0.2, 0) is 19.9 Å². The van der Waals surface area contributed by atoms with Crippen molar-refractivity contribution in [1.29, 1.82) is 0 Å². The molecule has 28 heavy (non-hydrogen) atoms. The molecule has 0 N–H and O–H groups in total. The summed E-state index contributed by atoms with van der Waals surface area (Å²) in [5.41, 5.74) is 2.00. The Kier molecular flexibility index (Phi) is 6.03. The second kappa shape index (κ2) is 7.65. The van der Waals surface area contributed by atoms with E-state index >= 15 is 0 Å². The van der Waals surface area contributed by atoms with Crippen molar-refractivity contribution < 1.29 is 21.6 Å². The second-order valence-electron chi connectivity index (χ2n) is 6.83. The minimum atomic E-state index is -3.70. The Bertz CT molecular complexity index is 1120. The maximum Gasteiger partial charge on any atom is 0.258 e. The van der Waals surface area contributed by atoms with Gasteiger partial charge in [-0.3, -0.25) is 4.79 Å². The Hall–Kier alpha value is -2.23. The molecule has 0 aliphatic rings. The van der Waals surface area contributed by atoms with E-state index in [1.165, 1.54) is 49.3 Å². The topological polar surface area (TPSA) is 91.8 Å². The number of carbonyl (C=O) groups excluding carboxylic acids is 1. The maximum atomic E-state index is 12.9. The summed E-state index contributed by atoms with van der Waals surface area (Å²) in [6.45, 7) is 3.45. The molecular formula is C19H24N2O5S2. The molecule has 0 aromatic heterocycles. The zero-order valence-electron chi connectivity index (χ0n) is 16.7. The number of sulfone groups is 1. The molecule has 2 aromatic carbocycles. The van der Waals surface area contributed by atoms with Crippen LogP contribution in [0.3, 0.4) is 0 Å². The van der Waals surface area contributed by atoms with Gasteiger partial charge in [0.2, 0.25) is 10.0 Å². The molecule has 1 amide bonds. The van der Waals surface area contributed by atoms with Crippen molar-refractivity contribution in [3.63, 3.8) is 0 Å². The van der Waals surface area contributed by atoms with E-state index in [1.54, 1.807) is 27.0 Å². The van der Waals surface area contributed by atoms with Crippen molar-refractivity contribution >= 4 is 31.5 Å². The van der Waals surface area contributed by atoms with Gasteiger partial charge in [-0.15, -0.1) is 0 Å². The van der Waals surface area contributed by atoms with E-state index in [0.29, 0.717) is 16.8 Å². The maximum absolute atomic E-state index is 12.9. The van der Waals surface area contributed by atoms with Gasteiger partial charge in [0, 0.05) is 38.6 Å². The molecule has 2 aromatic rings. The average Bonchev–Trinajstić information content (AvgIpc) is 2.61. The predicted molar refractivity (Wildman–Crippen MR) is 109 cm³/mol. The quantitative estimate of drug-likeness (QED) is 0.734. The molecule has 0 bridgehead atoms. The third-order valence-corrected chi connectivity index (χ3v) is 7.65. The number of sulfonamides is 1. The van der Waals surface area contributed by atoms with E-state index in [-0.39, 0.29) is 15.4 Å². The van der Waals surface area contributed by atoms with Crippen LogP contribution in [0, 0.1) is 13.8 Å². The van der Waals surface area contributed by atoms with E-state index in [4.69, 9.17) is 0 Å². The van der Waals surface area contributed by atoms with Gasteiger partial charge >= 0.3 is 0 Å². The van der Waals surface area contributed by atoms with E-state index < -0.39 is 25.8 Å². The molecule has 0 unspecified atom stereocenters. The lowest BCUT2D eigenvalue weighted by atomic mass is 10.1. The highest BCUT2D eigenvalue weighted by molar-refractivity contribution is 7.90. The highest BCUT2D eigenvalue weighted by atomic mass is 32.2. The first kappa shape index (κ1) is 22.1. The first-order chi connectivity index (χ1) is 12.8. The van der Waals surface area contributed by atoms with Gasteiger partial charge in [0.25, 0.3) is 5.91 Å². The van der Waals surface area contributed by atoms with Gasteiger partial charge in [0.15, 0.2) is 9.84 Å². The SMILES string of the molecule is Cc1cc(C(=O)N(C)c2ccc(S(C)(=O)=O)cc2)cc(S(=O)(=O)N(C)C)c1C. The van der Waals surface area contributed by atoms with Crippen molar-refractivity contribution in [1.82, 2.24) is 4.31 Å². The third kappa shape index (κ3) is 4.26. The Morgan fingerprint density at radius 2 is 1.43 bits per heavy atom. The third-order valence-electron chi connectivity index (χ3n) is 4.58.